The zero-order chi connectivity index (χ0) is 15.5. The molecule has 4 N–H and O–H groups in total. The molecule has 3 amide bonds. The van der Waals surface area contributed by atoms with Crippen LogP contribution in [0.3, 0.4) is 0 Å². The number of nitrogens with zero attached hydrogens (tertiary/aromatic N) is 1. The molecule has 20 heavy (non-hydrogen) atoms. The standard InChI is InChI=1S/C12H21N3O4S/c1-4-9-15(7(6-20-9)10(17)18)11(19)14-12(2,3)5-8(13)16/h7,9H,4-6H2,1-3H3,(H2,13,16)(H,14,19)(H,17,18). The van der Waals surface area contributed by atoms with Crippen molar-refractivity contribution in [3.05, 3.63) is 0 Å². The number of carboxylic acid groups (broad SMARTS) is 1. The first kappa shape index (κ1) is 16.6. The largest absolute Gasteiger partial charge is 0.480 e. The Morgan fingerprint density at radius 2 is 2.05 bits per heavy atom. The summed E-state index contributed by atoms with van der Waals surface area (Å²) >= 11 is 1.45. The van der Waals surface area contributed by atoms with E-state index in [1.165, 1.54) is 16.7 Å². The number of primary amides is 1. The SMILES string of the molecule is CCC1SCC(C(=O)O)N1C(=O)NC(C)(C)CC(N)=O. The molecule has 1 aliphatic rings. The van der Waals surface area contributed by atoms with Crippen molar-refractivity contribution >= 4 is 29.7 Å². The van der Waals surface area contributed by atoms with Crippen LogP contribution in [-0.2, 0) is 9.59 Å². The van der Waals surface area contributed by atoms with Gasteiger partial charge in [-0.05, 0) is 20.3 Å². The zero-order valence-corrected chi connectivity index (χ0v) is 12.7. The Balaban J connectivity index is 2.82. The number of hydrogen-bond donors (Lipinski definition) is 3. The molecule has 1 rings (SSSR count). The Kier molecular flexibility index (Phi) is 5.27. The molecule has 0 aromatic heterocycles. The van der Waals surface area contributed by atoms with Gasteiger partial charge in [-0.2, -0.15) is 0 Å². The predicted molar refractivity (Wildman–Crippen MR) is 76.2 cm³/mol. The van der Waals surface area contributed by atoms with Crippen LogP contribution in [0.4, 0.5) is 4.79 Å². The van der Waals surface area contributed by atoms with Crippen LogP contribution in [0, 0.1) is 0 Å². The molecular formula is C12H21N3O4S. The molecule has 114 valence electrons. The third-order valence-corrected chi connectivity index (χ3v) is 4.48. The number of aliphatic carboxylic acids is 1. The first-order chi connectivity index (χ1) is 9.18. The summed E-state index contributed by atoms with van der Waals surface area (Å²) in [5, 5.41) is 11.7. The van der Waals surface area contributed by atoms with Gasteiger partial charge in [-0.1, -0.05) is 6.92 Å². The van der Waals surface area contributed by atoms with Crippen molar-refractivity contribution in [2.75, 3.05) is 5.75 Å². The minimum atomic E-state index is -1.02. The van der Waals surface area contributed by atoms with E-state index in [9.17, 15) is 19.5 Å². The molecule has 0 radical (unpaired) electrons. The van der Waals surface area contributed by atoms with Gasteiger partial charge in [-0.15, -0.1) is 11.8 Å². The highest BCUT2D eigenvalue weighted by atomic mass is 32.2. The van der Waals surface area contributed by atoms with Crippen LogP contribution < -0.4 is 11.1 Å². The first-order valence-electron chi connectivity index (χ1n) is 6.41. The molecule has 1 saturated heterocycles. The van der Waals surface area contributed by atoms with Crippen LogP contribution in [0.5, 0.6) is 0 Å². The molecule has 0 saturated carbocycles. The van der Waals surface area contributed by atoms with Gasteiger partial charge in [0.15, 0.2) is 0 Å². The maximum absolute atomic E-state index is 12.3. The van der Waals surface area contributed by atoms with Crippen molar-refractivity contribution < 1.29 is 19.5 Å². The summed E-state index contributed by atoms with van der Waals surface area (Å²) in [7, 11) is 0. The molecule has 0 aliphatic carbocycles. The summed E-state index contributed by atoms with van der Waals surface area (Å²) in [5.74, 6) is -1.17. The number of amides is 3. The second kappa shape index (κ2) is 6.34. The average molecular weight is 303 g/mol. The van der Waals surface area contributed by atoms with Crippen LogP contribution in [0.25, 0.3) is 0 Å². The molecule has 0 spiro atoms. The number of nitrogens with one attached hydrogen (secondary N) is 1. The fourth-order valence-corrected chi connectivity index (χ4v) is 3.52. The van der Waals surface area contributed by atoms with Gasteiger partial charge in [0.2, 0.25) is 5.91 Å². The van der Waals surface area contributed by atoms with Crippen LogP contribution >= 0.6 is 11.8 Å². The van der Waals surface area contributed by atoms with E-state index < -0.39 is 29.5 Å². The number of rotatable bonds is 5. The lowest BCUT2D eigenvalue weighted by atomic mass is 10.0. The smallest absolute Gasteiger partial charge is 0.327 e. The third kappa shape index (κ3) is 4.03. The van der Waals surface area contributed by atoms with Gasteiger partial charge in [0.05, 0.1) is 5.37 Å². The molecule has 1 fully saturated rings. The van der Waals surface area contributed by atoms with E-state index in [1.54, 1.807) is 13.8 Å². The van der Waals surface area contributed by atoms with Gasteiger partial charge < -0.3 is 16.2 Å². The molecule has 0 bridgehead atoms. The fourth-order valence-electron chi connectivity index (χ4n) is 2.17. The minimum absolute atomic E-state index is 0.00570. The van der Waals surface area contributed by atoms with E-state index in [1.807, 2.05) is 6.92 Å². The van der Waals surface area contributed by atoms with Crippen molar-refractivity contribution in [1.82, 2.24) is 10.2 Å². The summed E-state index contributed by atoms with van der Waals surface area (Å²) in [6.45, 7) is 5.25. The molecule has 0 aromatic rings. The monoisotopic (exact) mass is 303 g/mol. The molecule has 8 heteroatoms. The van der Waals surface area contributed by atoms with Gasteiger partial charge in [-0.3, -0.25) is 9.69 Å². The topological polar surface area (TPSA) is 113 Å². The number of carbonyl (C=O) groups is 3. The number of nitrogens with two attached hydrogens (primary N) is 1. The molecule has 1 heterocycles. The summed E-state index contributed by atoms with van der Waals surface area (Å²) in [6, 6.07) is -1.31. The highest BCUT2D eigenvalue weighted by Gasteiger charge is 2.42. The quantitative estimate of drug-likeness (QED) is 0.688. The van der Waals surface area contributed by atoms with Gasteiger partial charge in [0.1, 0.15) is 6.04 Å². The third-order valence-electron chi connectivity index (χ3n) is 3.02. The van der Waals surface area contributed by atoms with E-state index in [2.05, 4.69) is 5.32 Å². The molecular weight excluding hydrogens is 282 g/mol. The normalized spacial score (nSPS) is 22.6. The molecule has 0 aromatic carbocycles. The summed E-state index contributed by atoms with van der Waals surface area (Å²) in [4.78, 5) is 35.8. The maximum Gasteiger partial charge on any atom is 0.327 e. The summed E-state index contributed by atoms with van der Waals surface area (Å²) in [5.41, 5.74) is 4.33. The van der Waals surface area contributed by atoms with E-state index in [4.69, 9.17) is 5.73 Å². The number of urea groups is 1. The molecule has 1 aliphatic heterocycles. The first-order valence-corrected chi connectivity index (χ1v) is 7.46. The number of carbonyl (C=O) groups excluding carboxylic acids is 2. The summed E-state index contributed by atoms with van der Waals surface area (Å²) < 4.78 is 0. The van der Waals surface area contributed by atoms with E-state index in [0.717, 1.165) is 0 Å². The van der Waals surface area contributed by atoms with E-state index in [0.29, 0.717) is 12.2 Å². The second-order valence-electron chi connectivity index (χ2n) is 5.41. The molecule has 2 unspecified atom stereocenters. The zero-order valence-electron chi connectivity index (χ0n) is 11.9. The molecule has 2 atom stereocenters. The highest BCUT2D eigenvalue weighted by molar-refractivity contribution is 8.00. The summed E-state index contributed by atoms with van der Waals surface area (Å²) in [6.07, 6.45) is 0.659. The van der Waals surface area contributed by atoms with Gasteiger partial charge in [0.25, 0.3) is 0 Å². The van der Waals surface area contributed by atoms with Gasteiger partial charge >= 0.3 is 12.0 Å². The van der Waals surface area contributed by atoms with Gasteiger partial charge in [-0.25, -0.2) is 9.59 Å². The Morgan fingerprint density at radius 3 is 2.50 bits per heavy atom. The Morgan fingerprint density at radius 1 is 1.45 bits per heavy atom. The maximum atomic E-state index is 12.3. The van der Waals surface area contributed by atoms with Crippen LogP contribution in [0.1, 0.15) is 33.6 Å². The second-order valence-corrected chi connectivity index (χ2v) is 6.63. The number of hydrogen-bond acceptors (Lipinski definition) is 4. The predicted octanol–water partition coefficient (Wildman–Crippen LogP) is 0.588. The Bertz CT molecular complexity index is 414. The van der Waals surface area contributed by atoms with Crippen molar-refractivity contribution in [3.8, 4) is 0 Å². The van der Waals surface area contributed by atoms with Crippen LogP contribution in [0.15, 0.2) is 0 Å². The van der Waals surface area contributed by atoms with Crippen LogP contribution in [0.2, 0.25) is 0 Å². The number of carboxylic acids is 1. The van der Waals surface area contributed by atoms with Crippen molar-refractivity contribution in [3.63, 3.8) is 0 Å². The fraction of sp³-hybridized carbons (Fsp3) is 0.750. The highest BCUT2D eigenvalue weighted by Crippen LogP contribution is 2.31. The minimum Gasteiger partial charge on any atom is -0.480 e. The number of thioether (sulfide) groups is 1. The average Bonchev–Trinajstić information content (AvgIpc) is 2.69. The van der Waals surface area contributed by atoms with Crippen molar-refractivity contribution in [2.24, 2.45) is 5.73 Å². The van der Waals surface area contributed by atoms with Crippen molar-refractivity contribution in [1.29, 1.82) is 0 Å². The van der Waals surface area contributed by atoms with Gasteiger partial charge in [0, 0.05) is 17.7 Å². The lowest BCUT2D eigenvalue weighted by Crippen LogP contribution is -2.56. The molecule has 7 nitrogen and oxygen atoms in total. The van der Waals surface area contributed by atoms with E-state index in [-0.39, 0.29) is 11.8 Å². The Labute approximate surface area is 122 Å². The van der Waals surface area contributed by atoms with E-state index >= 15 is 0 Å². The lowest BCUT2D eigenvalue weighted by Gasteiger charge is -2.32. The van der Waals surface area contributed by atoms with Crippen molar-refractivity contribution in [2.45, 2.75) is 50.6 Å². The Hall–Kier alpha value is -1.44. The van der Waals surface area contributed by atoms with Crippen LogP contribution in [-0.4, -0.2) is 50.6 Å². The lowest BCUT2D eigenvalue weighted by molar-refractivity contribution is -0.141.